The largest absolute Gasteiger partial charge is 0.382 e. The first kappa shape index (κ1) is 20.1. The summed E-state index contributed by atoms with van der Waals surface area (Å²) in [6.45, 7) is 1.09. The van der Waals surface area contributed by atoms with Gasteiger partial charge < -0.3 is 15.2 Å². The summed E-state index contributed by atoms with van der Waals surface area (Å²) in [6.07, 6.45) is 4.98. The van der Waals surface area contributed by atoms with Crippen LogP contribution >= 0.6 is 0 Å². The second-order valence-corrected chi connectivity index (χ2v) is 6.97. The maximum Gasteiger partial charge on any atom is 0.219 e. The van der Waals surface area contributed by atoms with Gasteiger partial charge in [0.2, 0.25) is 10.3 Å². The van der Waals surface area contributed by atoms with E-state index in [1.807, 2.05) is 30.3 Å². The van der Waals surface area contributed by atoms with E-state index in [1.54, 1.807) is 31.6 Å². The zero-order chi connectivity index (χ0) is 19.9. The van der Waals surface area contributed by atoms with Gasteiger partial charge in [-0.2, -0.15) is 8.42 Å². The van der Waals surface area contributed by atoms with E-state index >= 15 is 0 Å². The minimum Gasteiger partial charge on any atom is -0.382 e. The van der Waals surface area contributed by atoms with E-state index in [2.05, 4.69) is 9.97 Å². The summed E-state index contributed by atoms with van der Waals surface area (Å²) in [5, 5.41) is 0. The standard InChI is InChI=1S/C20H21N3O4S/c1-26-10-11-27-13-15-12-16(14-6-3-2-4-7-14)19(28(24)25)18(21)17(15)20-22-8-5-9-23-20/h2-9,12,18H,10-11,13,21H2,1H3. The lowest BCUT2D eigenvalue weighted by molar-refractivity contribution is 0.0833. The van der Waals surface area contributed by atoms with Crippen molar-refractivity contribution in [2.45, 2.75) is 6.04 Å². The average Bonchev–Trinajstić information content (AvgIpc) is 2.72. The van der Waals surface area contributed by atoms with Crippen LogP contribution in [0.4, 0.5) is 0 Å². The van der Waals surface area contributed by atoms with Crippen molar-refractivity contribution in [1.29, 1.82) is 0 Å². The summed E-state index contributed by atoms with van der Waals surface area (Å²) in [4.78, 5) is 8.64. The third kappa shape index (κ3) is 4.42. The Hall–Kier alpha value is -2.65. The van der Waals surface area contributed by atoms with E-state index in [0.29, 0.717) is 30.2 Å². The van der Waals surface area contributed by atoms with Crippen molar-refractivity contribution in [3.05, 3.63) is 71.8 Å². The van der Waals surface area contributed by atoms with Gasteiger partial charge in [-0.05, 0) is 23.3 Å². The van der Waals surface area contributed by atoms with Crippen LogP contribution in [0.5, 0.6) is 0 Å². The first-order chi connectivity index (χ1) is 13.6. The van der Waals surface area contributed by atoms with Gasteiger partial charge in [0, 0.05) is 30.6 Å². The van der Waals surface area contributed by atoms with Gasteiger partial charge in [0.05, 0.1) is 25.9 Å². The predicted molar refractivity (Wildman–Crippen MR) is 108 cm³/mol. The van der Waals surface area contributed by atoms with Crippen molar-refractivity contribution in [1.82, 2.24) is 9.97 Å². The van der Waals surface area contributed by atoms with Gasteiger partial charge in [0.25, 0.3) is 0 Å². The molecule has 1 atom stereocenters. The summed E-state index contributed by atoms with van der Waals surface area (Å²) in [5.41, 5.74) is 9.00. The highest BCUT2D eigenvalue weighted by atomic mass is 32.2. The molecule has 0 amide bonds. The number of aromatic nitrogens is 2. The second kappa shape index (κ2) is 9.52. The maximum absolute atomic E-state index is 12.1. The van der Waals surface area contributed by atoms with Gasteiger partial charge in [-0.25, -0.2) is 9.97 Å². The maximum atomic E-state index is 12.1. The summed E-state index contributed by atoms with van der Waals surface area (Å²) in [5.74, 6) is 0.381. The fourth-order valence-corrected chi connectivity index (χ4v) is 3.70. The highest BCUT2D eigenvalue weighted by Crippen LogP contribution is 2.32. The van der Waals surface area contributed by atoms with Gasteiger partial charge in [0.15, 0.2) is 5.82 Å². The number of nitrogens with two attached hydrogens (primary N) is 1. The molecule has 1 heterocycles. The zero-order valence-corrected chi connectivity index (χ0v) is 16.2. The lowest BCUT2D eigenvalue weighted by Gasteiger charge is -2.26. The molecule has 28 heavy (non-hydrogen) atoms. The molecule has 0 radical (unpaired) electrons. The number of methoxy groups -OCH3 is 1. The number of hydrogen-bond acceptors (Lipinski definition) is 7. The molecule has 0 bridgehead atoms. The van der Waals surface area contributed by atoms with Gasteiger partial charge in [-0.3, -0.25) is 0 Å². The molecule has 1 aromatic carbocycles. The molecule has 1 aliphatic carbocycles. The van der Waals surface area contributed by atoms with Crippen LogP contribution in [-0.2, 0) is 19.8 Å². The van der Waals surface area contributed by atoms with E-state index in [0.717, 1.165) is 11.1 Å². The van der Waals surface area contributed by atoms with E-state index in [9.17, 15) is 8.42 Å². The molecule has 0 saturated heterocycles. The van der Waals surface area contributed by atoms with Gasteiger partial charge >= 0.3 is 0 Å². The van der Waals surface area contributed by atoms with Crippen LogP contribution in [0.3, 0.4) is 0 Å². The number of ether oxygens (including phenoxy) is 2. The molecule has 2 N–H and O–H groups in total. The highest BCUT2D eigenvalue weighted by Gasteiger charge is 2.31. The normalized spacial score (nSPS) is 16.9. The molecule has 2 aromatic rings. The third-order valence-electron chi connectivity index (χ3n) is 4.28. The van der Waals surface area contributed by atoms with Crippen molar-refractivity contribution in [3.63, 3.8) is 0 Å². The van der Waals surface area contributed by atoms with Crippen LogP contribution in [0.25, 0.3) is 11.1 Å². The predicted octanol–water partition coefficient (Wildman–Crippen LogP) is 1.37. The number of rotatable bonds is 7. The lowest BCUT2D eigenvalue weighted by atomic mass is 9.85. The Morgan fingerprint density at radius 2 is 1.79 bits per heavy atom. The first-order valence-corrected chi connectivity index (χ1v) is 9.77. The summed E-state index contributed by atoms with van der Waals surface area (Å²) < 4.78 is 34.8. The van der Waals surface area contributed by atoms with Crippen molar-refractivity contribution >= 4 is 26.3 Å². The number of nitrogens with zero attached hydrogens (tertiary/aromatic N) is 2. The first-order valence-electron chi connectivity index (χ1n) is 8.69. The summed E-state index contributed by atoms with van der Waals surface area (Å²) in [6, 6.07) is 10.0. The molecule has 0 spiro atoms. The van der Waals surface area contributed by atoms with Crippen molar-refractivity contribution in [3.8, 4) is 0 Å². The SMILES string of the molecule is COCCOCC1=C(c2ncccn2)C(N)C(=S(=O)=O)C(c2ccccc2)=C1. The second-order valence-electron chi connectivity index (χ2n) is 6.06. The monoisotopic (exact) mass is 399 g/mol. The minimum atomic E-state index is -2.51. The number of benzene rings is 1. The molecule has 8 heteroatoms. The van der Waals surface area contributed by atoms with Crippen LogP contribution in [-0.4, -0.2) is 56.2 Å². The van der Waals surface area contributed by atoms with Gasteiger partial charge in [-0.1, -0.05) is 30.3 Å². The lowest BCUT2D eigenvalue weighted by Crippen LogP contribution is -2.37. The van der Waals surface area contributed by atoms with Crippen LogP contribution in [0.15, 0.2) is 60.4 Å². The molecule has 146 valence electrons. The smallest absolute Gasteiger partial charge is 0.219 e. The van der Waals surface area contributed by atoms with Crippen LogP contribution in [0, 0.1) is 0 Å². The van der Waals surface area contributed by atoms with E-state index in [4.69, 9.17) is 15.2 Å². The Kier molecular flexibility index (Phi) is 6.83. The third-order valence-corrected chi connectivity index (χ3v) is 5.12. The quantitative estimate of drug-likeness (QED) is 0.554. The fourth-order valence-electron chi connectivity index (χ4n) is 3.02. The zero-order valence-electron chi connectivity index (χ0n) is 15.4. The Morgan fingerprint density at radius 1 is 1.07 bits per heavy atom. The Labute approximate surface area is 165 Å². The van der Waals surface area contributed by atoms with Crippen LogP contribution < -0.4 is 5.73 Å². The molecule has 0 fully saturated rings. The Bertz CT molecular complexity index is 1010. The van der Waals surface area contributed by atoms with Crippen LogP contribution in [0.1, 0.15) is 11.4 Å². The fraction of sp³-hybridized carbons (Fsp3) is 0.250. The minimum absolute atomic E-state index is 0.106. The molecule has 0 aliphatic heterocycles. The van der Waals surface area contributed by atoms with Gasteiger partial charge in [-0.15, -0.1) is 0 Å². The molecule has 3 rings (SSSR count). The highest BCUT2D eigenvalue weighted by molar-refractivity contribution is 7.74. The topological polar surface area (TPSA) is 104 Å². The van der Waals surface area contributed by atoms with Crippen molar-refractivity contribution < 1.29 is 17.9 Å². The Morgan fingerprint density at radius 3 is 2.43 bits per heavy atom. The van der Waals surface area contributed by atoms with Gasteiger partial charge in [0.1, 0.15) is 4.86 Å². The van der Waals surface area contributed by atoms with Crippen LogP contribution in [0.2, 0.25) is 0 Å². The molecular formula is C20H21N3O4S. The van der Waals surface area contributed by atoms with Crippen molar-refractivity contribution in [2.75, 3.05) is 26.9 Å². The van der Waals surface area contributed by atoms with Crippen molar-refractivity contribution in [2.24, 2.45) is 5.73 Å². The average molecular weight is 399 g/mol. The molecular weight excluding hydrogens is 378 g/mol. The van der Waals surface area contributed by atoms with E-state index in [1.165, 1.54) is 0 Å². The molecule has 1 aliphatic rings. The molecule has 7 nitrogen and oxygen atoms in total. The molecule has 1 aromatic heterocycles. The van der Waals surface area contributed by atoms with E-state index < -0.39 is 16.3 Å². The Balaban J connectivity index is 2.16. The van der Waals surface area contributed by atoms with E-state index in [-0.39, 0.29) is 11.5 Å². The summed E-state index contributed by atoms with van der Waals surface area (Å²) in [7, 11) is -0.910. The summed E-state index contributed by atoms with van der Waals surface area (Å²) >= 11 is 0. The number of hydrogen-bond donors (Lipinski definition) is 1. The molecule has 0 saturated carbocycles. The molecule has 1 unspecified atom stereocenters.